The van der Waals surface area contributed by atoms with Gasteiger partial charge in [-0.15, -0.1) is 23.1 Å². The second-order valence-corrected chi connectivity index (χ2v) is 10.0. The molecule has 0 radical (unpaired) electrons. The smallest absolute Gasteiger partial charge is 0.282 e. The molecule has 0 aliphatic carbocycles. The fraction of sp³-hybridized carbons (Fsp3) is 0.353. The maximum atomic E-state index is 12.8. The van der Waals surface area contributed by atoms with Gasteiger partial charge in [0.2, 0.25) is 10.0 Å². The summed E-state index contributed by atoms with van der Waals surface area (Å²) in [5, 5.41) is 13.0. The van der Waals surface area contributed by atoms with Crippen molar-refractivity contribution in [1.29, 1.82) is 0 Å². The molecule has 0 saturated carbocycles. The second-order valence-electron chi connectivity index (χ2n) is 6.26. The van der Waals surface area contributed by atoms with E-state index in [0.717, 1.165) is 16.2 Å². The summed E-state index contributed by atoms with van der Waals surface area (Å²) >= 11 is 2.55. The van der Waals surface area contributed by atoms with Gasteiger partial charge in [0.05, 0.1) is 4.92 Å². The lowest BCUT2D eigenvalue weighted by molar-refractivity contribution is -0.385. The minimum absolute atomic E-state index is 0.0643. The number of nitrogens with one attached hydrogen (secondary N) is 1. The highest BCUT2D eigenvalue weighted by Gasteiger charge is 2.30. The van der Waals surface area contributed by atoms with Crippen LogP contribution in [0, 0.1) is 10.1 Å². The number of benzene rings is 1. The van der Waals surface area contributed by atoms with E-state index < -0.39 is 20.9 Å². The molecule has 8 nitrogen and oxygen atoms in total. The van der Waals surface area contributed by atoms with Crippen LogP contribution in [-0.4, -0.2) is 49.5 Å². The molecular weight excluding hydrogens is 422 g/mol. The Morgan fingerprint density at radius 2 is 2.04 bits per heavy atom. The van der Waals surface area contributed by atoms with Crippen LogP contribution < -0.4 is 4.72 Å². The lowest BCUT2D eigenvalue weighted by Gasteiger charge is -2.32. The van der Waals surface area contributed by atoms with E-state index in [4.69, 9.17) is 0 Å². The molecule has 150 valence electrons. The molecule has 1 amide bonds. The number of hydrogen-bond acceptors (Lipinski definition) is 7. The highest BCUT2D eigenvalue weighted by atomic mass is 32.2. The van der Waals surface area contributed by atoms with Crippen LogP contribution in [0.1, 0.15) is 23.2 Å². The molecule has 1 N–H and O–H groups in total. The third-order valence-corrected chi connectivity index (χ3v) is 8.14. The van der Waals surface area contributed by atoms with Crippen molar-refractivity contribution in [1.82, 2.24) is 9.62 Å². The molecule has 2 heterocycles. The van der Waals surface area contributed by atoms with Crippen LogP contribution in [0.3, 0.4) is 0 Å². The summed E-state index contributed by atoms with van der Waals surface area (Å²) in [6.07, 6.45) is 2.74. The number of nitro benzene ring substituents is 1. The zero-order chi connectivity index (χ0) is 20.3. The average Bonchev–Trinajstić information content (AvgIpc) is 3.23. The fourth-order valence-corrected chi connectivity index (χ4v) is 5.79. The van der Waals surface area contributed by atoms with E-state index in [1.807, 2.05) is 6.26 Å². The van der Waals surface area contributed by atoms with E-state index in [9.17, 15) is 23.3 Å². The number of hydrogen-bond donors (Lipinski definition) is 1. The first-order chi connectivity index (χ1) is 13.3. The van der Waals surface area contributed by atoms with E-state index in [0.29, 0.717) is 25.9 Å². The van der Waals surface area contributed by atoms with Crippen molar-refractivity contribution in [3.8, 4) is 0 Å². The van der Waals surface area contributed by atoms with E-state index in [1.165, 1.54) is 23.9 Å². The Balaban J connectivity index is 1.68. The van der Waals surface area contributed by atoms with Crippen LogP contribution in [0.25, 0.3) is 0 Å². The molecule has 1 aliphatic heterocycles. The number of carbonyl (C=O) groups is 1. The molecular formula is C17H19N3O5S3. The number of nitrogens with zero attached hydrogens (tertiary/aromatic N) is 2. The number of piperidine rings is 1. The topological polar surface area (TPSA) is 110 Å². The summed E-state index contributed by atoms with van der Waals surface area (Å²) in [6, 6.07) is 7.45. The lowest BCUT2D eigenvalue weighted by Crippen LogP contribution is -2.46. The van der Waals surface area contributed by atoms with Gasteiger partial charge < -0.3 is 4.90 Å². The van der Waals surface area contributed by atoms with Crippen molar-refractivity contribution in [2.45, 2.75) is 28.0 Å². The predicted octanol–water partition coefficient (Wildman–Crippen LogP) is 2.96. The first-order valence-electron chi connectivity index (χ1n) is 8.49. The number of nitro groups is 1. The predicted molar refractivity (Wildman–Crippen MR) is 108 cm³/mol. The van der Waals surface area contributed by atoms with Crippen molar-refractivity contribution in [3.05, 3.63) is 51.4 Å². The Kier molecular flexibility index (Phi) is 6.38. The summed E-state index contributed by atoms with van der Waals surface area (Å²) in [7, 11) is -3.56. The Morgan fingerprint density at radius 3 is 2.61 bits per heavy atom. The largest absolute Gasteiger partial charge is 0.338 e. The van der Waals surface area contributed by atoms with Gasteiger partial charge in [-0.05, 0) is 42.7 Å². The number of carbonyl (C=O) groups excluding carboxylic acids is 1. The van der Waals surface area contributed by atoms with Gasteiger partial charge in [0.15, 0.2) is 0 Å². The Morgan fingerprint density at radius 1 is 1.32 bits per heavy atom. The maximum Gasteiger partial charge on any atom is 0.282 e. The number of sulfonamides is 1. The minimum atomic E-state index is -3.56. The quantitative estimate of drug-likeness (QED) is 0.419. The Hall–Kier alpha value is -1.95. The standard InChI is InChI=1S/C17H19N3O5S3/c1-26-13-4-5-15(20(22)23)14(11-13)17(21)19-8-6-12(7-9-19)18-28(24,25)16-3-2-10-27-16/h2-5,10-12,18H,6-9H2,1H3. The molecule has 0 unspecified atom stereocenters. The summed E-state index contributed by atoms with van der Waals surface area (Å²) in [4.78, 5) is 25.9. The average molecular weight is 442 g/mol. The minimum Gasteiger partial charge on any atom is -0.338 e. The summed E-state index contributed by atoms with van der Waals surface area (Å²) < 4.78 is 27.6. The molecule has 1 aromatic heterocycles. The molecule has 1 aromatic carbocycles. The van der Waals surface area contributed by atoms with E-state index in [2.05, 4.69) is 4.72 Å². The van der Waals surface area contributed by atoms with Gasteiger partial charge in [-0.25, -0.2) is 13.1 Å². The van der Waals surface area contributed by atoms with Gasteiger partial charge in [0.25, 0.3) is 11.6 Å². The van der Waals surface area contributed by atoms with Crippen LogP contribution in [0.2, 0.25) is 0 Å². The molecule has 28 heavy (non-hydrogen) atoms. The molecule has 3 rings (SSSR count). The molecule has 0 bridgehead atoms. The summed E-state index contributed by atoms with van der Waals surface area (Å²) in [5.74, 6) is -0.401. The molecule has 11 heteroatoms. The highest BCUT2D eigenvalue weighted by molar-refractivity contribution is 7.98. The number of rotatable bonds is 6. The van der Waals surface area contributed by atoms with Crippen LogP contribution >= 0.6 is 23.1 Å². The molecule has 1 saturated heterocycles. The third-order valence-electron chi connectivity index (χ3n) is 4.49. The van der Waals surface area contributed by atoms with Crippen molar-refractivity contribution in [2.75, 3.05) is 19.3 Å². The Bertz CT molecular complexity index is 968. The first-order valence-corrected chi connectivity index (χ1v) is 12.1. The van der Waals surface area contributed by atoms with Crippen molar-refractivity contribution in [2.24, 2.45) is 0 Å². The van der Waals surface area contributed by atoms with E-state index in [-0.39, 0.29) is 21.5 Å². The van der Waals surface area contributed by atoms with Gasteiger partial charge in [-0.2, -0.15) is 0 Å². The van der Waals surface area contributed by atoms with Gasteiger partial charge >= 0.3 is 0 Å². The zero-order valence-corrected chi connectivity index (χ0v) is 17.5. The lowest BCUT2D eigenvalue weighted by atomic mass is 10.0. The first kappa shape index (κ1) is 20.8. The van der Waals surface area contributed by atoms with Gasteiger partial charge in [0, 0.05) is 30.1 Å². The molecule has 2 aromatic rings. The molecule has 1 aliphatic rings. The van der Waals surface area contributed by atoms with Crippen molar-refractivity contribution in [3.63, 3.8) is 0 Å². The van der Waals surface area contributed by atoms with Gasteiger partial charge in [-0.3, -0.25) is 14.9 Å². The van der Waals surface area contributed by atoms with Gasteiger partial charge in [0.1, 0.15) is 9.77 Å². The Labute approximate surface area is 171 Å². The van der Waals surface area contributed by atoms with Crippen molar-refractivity contribution < 1.29 is 18.1 Å². The fourth-order valence-electron chi connectivity index (χ4n) is 3.04. The van der Waals surface area contributed by atoms with Crippen LogP contribution in [-0.2, 0) is 10.0 Å². The third kappa shape index (κ3) is 4.54. The SMILES string of the molecule is CSc1ccc([N+](=O)[O-])c(C(=O)N2CCC(NS(=O)(=O)c3cccs3)CC2)c1. The van der Waals surface area contributed by atoms with E-state index in [1.54, 1.807) is 28.5 Å². The maximum absolute atomic E-state index is 12.8. The highest BCUT2D eigenvalue weighted by Crippen LogP contribution is 2.27. The summed E-state index contributed by atoms with van der Waals surface area (Å²) in [5.41, 5.74) is -0.155. The number of likely N-dealkylation sites (tertiary alicyclic amines) is 1. The monoisotopic (exact) mass is 441 g/mol. The van der Waals surface area contributed by atoms with Gasteiger partial charge in [-0.1, -0.05) is 6.07 Å². The van der Waals surface area contributed by atoms with Crippen molar-refractivity contribution >= 4 is 44.7 Å². The van der Waals surface area contributed by atoms with E-state index >= 15 is 0 Å². The van der Waals surface area contributed by atoms with Crippen LogP contribution in [0.5, 0.6) is 0 Å². The zero-order valence-electron chi connectivity index (χ0n) is 15.0. The molecule has 1 fully saturated rings. The second kappa shape index (κ2) is 8.60. The number of thiophene rings is 1. The summed E-state index contributed by atoms with van der Waals surface area (Å²) in [6.45, 7) is 0.661. The molecule has 0 atom stereocenters. The molecule has 0 spiro atoms. The number of amides is 1. The number of thioether (sulfide) groups is 1. The van der Waals surface area contributed by atoms with Crippen LogP contribution in [0.15, 0.2) is 44.8 Å². The van der Waals surface area contributed by atoms with Crippen LogP contribution in [0.4, 0.5) is 5.69 Å². The normalized spacial score (nSPS) is 15.5.